The van der Waals surface area contributed by atoms with Crippen molar-refractivity contribution in [3.63, 3.8) is 0 Å². The summed E-state index contributed by atoms with van der Waals surface area (Å²) in [6, 6.07) is 10.2. The summed E-state index contributed by atoms with van der Waals surface area (Å²) < 4.78 is 0. The van der Waals surface area contributed by atoms with Crippen LogP contribution >= 0.6 is 11.6 Å². The molecule has 0 amide bonds. The average molecular weight is 184 g/mol. The van der Waals surface area contributed by atoms with Crippen LogP contribution in [0.4, 0.5) is 5.69 Å². The molecule has 0 fully saturated rings. The molecule has 1 rings (SSSR count). The zero-order chi connectivity index (χ0) is 8.97. The summed E-state index contributed by atoms with van der Waals surface area (Å²) in [6.45, 7) is 2.88. The lowest BCUT2D eigenvalue weighted by atomic mass is 10.3. The Morgan fingerprint density at radius 3 is 2.42 bits per heavy atom. The number of anilines is 1. The Hall–Kier alpha value is -0.690. The van der Waals surface area contributed by atoms with Gasteiger partial charge in [0, 0.05) is 24.7 Å². The van der Waals surface area contributed by atoms with Crippen molar-refractivity contribution in [2.45, 2.75) is 12.3 Å². The number of halogens is 1. The number of alkyl halides is 1. The third-order valence-electron chi connectivity index (χ3n) is 1.72. The van der Waals surface area contributed by atoms with Gasteiger partial charge >= 0.3 is 0 Å². The van der Waals surface area contributed by atoms with Gasteiger partial charge in [0.1, 0.15) is 0 Å². The minimum atomic E-state index is 0.190. The largest absolute Gasteiger partial charge is 0.373 e. The van der Waals surface area contributed by atoms with Crippen molar-refractivity contribution in [2.24, 2.45) is 0 Å². The quantitative estimate of drug-likeness (QED) is 0.652. The molecule has 0 heterocycles. The molecular weight excluding hydrogens is 170 g/mol. The second-order valence-electron chi connectivity index (χ2n) is 3.00. The highest BCUT2D eigenvalue weighted by atomic mass is 35.5. The van der Waals surface area contributed by atoms with Crippen LogP contribution in [0, 0.1) is 0 Å². The van der Waals surface area contributed by atoms with Crippen LogP contribution in [-0.4, -0.2) is 19.0 Å². The Morgan fingerprint density at radius 2 is 1.92 bits per heavy atom. The molecule has 0 aliphatic rings. The lowest BCUT2D eigenvalue weighted by Gasteiger charge is -2.20. The van der Waals surface area contributed by atoms with Gasteiger partial charge in [0.2, 0.25) is 0 Å². The van der Waals surface area contributed by atoms with Gasteiger partial charge in [-0.05, 0) is 19.1 Å². The summed E-state index contributed by atoms with van der Waals surface area (Å²) in [5.41, 5.74) is 1.21. The molecule has 66 valence electrons. The van der Waals surface area contributed by atoms with Gasteiger partial charge in [0.25, 0.3) is 0 Å². The first kappa shape index (κ1) is 9.40. The van der Waals surface area contributed by atoms with Crippen LogP contribution in [0.1, 0.15) is 6.92 Å². The number of para-hydroxylation sites is 1. The molecule has 0 saturated heterocycles. The highest BCUT2D eigenvalue weighted by Gasteiger charge is 2.02. The Labute approximate surface area is 79.0 Å². The molecule has 2 heteroatoms. The minimum absolute atomic E-state index is 0.190. The Morgan fingerprint density at radius 1 is 1.33 bits per heavy atom. The standard InChI is InChI=1S/C10H14ClN/c1-9(11)8-12(2)10-6-4-3-5-7-10/h3-7,9H,8H2,1-2H3. The van der Waals surface area contributed by atoms with E-state index in [-0.39, 0.29) is 5.38 Å². The zero-order valence-corrected chi connectivity index (χ0v) is 8.25. The Kier molecular flexibility index (Phi) is 3.42. The predicted molar refractivity (Wildman–Crippen MR) is 55.0 cm³/mol. The molecule has 0 aromatic heterocycles. The summed E-state index contributed by atoms with van der Waals surface area (Å²) in [5, 5.41) is 0.190. The van der Waals surface area contributed by atoms with Gasteiger partial charge < -0.3 is 4.90 Å². The van der Waals surface area contributed by atoms with Crippen molar-refractivity contribution in [3.8, 4) is 0 Å². The molecule has 0 saturated carbocycles. The highest BCUT2D eigenvalue weighted by Crippen LogP contribution is 2.12. The van der Waals surface area contributed by atoms with Gasteiger partial charge in [0.15, 0.2) is 0 Å². The predicted octanol–water partition coefficient (Wildman–Crippen LogP) is 2.75. The van der Waals surface area contributed by atoms with Crippen molar-refractivity contribution in [1.82, 2.24) is 0 Å². The van der Waals surface area contributed by atoms with E-state index in [1.165, 1.54) is 5.69 Å². The summed E-state index contributed by atoms with van der Waals surface area (Å²) in [7, 11) is 2.05. The molecule has 0 radical (unpaired) electrons. The molecule has 0 aliphatic heterocycles. The third kappa shape index (κ3) is 2.74. The monoisotopic (exact) mass is 183 g/mol. The van der Waals surface area contributed by atoms with Crippen LogP contribution in [0.3, 0.4) is 0 Å². The van der Waals surface area contributed by atoms with Crippen molar-refractivity contribution in [2.75, 3.05) is 18.5 Å². The van der Waals surface area contributed by atoms with E-state index in [1.54, 1.807) is 0 Å². The maximum Gasteiger partial charge on any atom is 0.0482 e. The van der Waals surface area contributed by atoms with Crippen molar-refractivity contribution in [1.29, 1.82) is 0 Å². The van der Waals surface area contributed by atoms with Crippen molar-refractivity contribution < 1.29 is 0 Å². The first-order valence-electron chi connectivity index (χ1n) is 4.10. The fourth-order valence-corrected chi connectivity index (χ4v) is 1.37. The van der Waals surface area contributed by atoms with Gasteiger partial charge in [-0.15, -0.1) is 11.6 Å². The maximum atomic E-state index is 5.88. The van der Waals surface area contributed by atoms with Crippen molar-refractivity contribution in [3.05, 3.63) is 30.3 Å². The van der Waals surface area contributed by atoms with Crippen LogP contribution < -0.4 is 4.90 Å². The Balaban J connectivity index is 2.59. The molecule has 0 N–H and O–H groups in total. The van der Waals surface area contributed by atoms with E-state index in [1.807, 2.05) is 32.2 Å². The molecule has 0 bridgehead atoms. The van der Waals surface area contributed by atoms with Crippen molar-refractivity contribution >= 4 is 17.3 Å². The van der Waals surface area contributed by atoms with E-state index in [2.05, 4.69) is 17.0 Å². The number of rotatable bonds is 3. The van der Waals surface area contributed by atoms with Crippen LogP contribution in [0.15, 0.2) is 30.3 Å². The molecule has 12 heavy (non-hydrogen) atoms. The molecule has 0 aliphatic carbocycles. The average Bonchev–Trinajstić information content (AvgIpc) is 2.05. The first-order chi connectivity index (χ1) is 5.70. The summed E-state index contributed by atoms with van der Waals surface area (Å²) in [6.07, 6.45) is 0. The minimum Gasteiger partial charge on any atom is -0.373 e. The molecule has 1 nitrogen and oxygen atoms in total. The summed E-state index contributed by atoms with van der Waals surface area (Å²) in [5.74, 6) is 0. The normalized spacial score (nSPS) is 12.6. The van der Waals surface area contributed by atoms with E-state index in [0.29, 0.717) is 0 Å². The summed E-state index contributed by atoms with van der Waals surface area (Å²) >= 11 is 5.88. The van der Waals surface area contributed by atoms with Gasteiger partial charge in [0.05, 0.1) is 0 Å². The van der Waals surface area contributed by atoms with E-state index < -0.39 is 0 Å². The number of benzene rings is 1. The number of hydrogen-bond donors (Lipinski definition) is 0. The molecular formula is C10H14ClN. The molecule has 1 unspecified atom stereocenters. The smallest absolute Gasteiger partial charge is 0.0482 e. The van der Waals surface area contributed by atoms with Gasteiger partial charge in [-0.3, -0.25) is 0 Å². The lowest BCUT2D eigenvalue weighted by molar-refractivity contribution is 0.859. The molecule has 1 aromatic carbocycles. The fourth-order valence-electron chi connectivity index (χ4n) is 1.17. The van der Waals surface area contributed by atoms with E-state index in [9.17, 15) is 0 Å². The number of hydrogen-bond acceptors (Lipinski definition) is 1. The van der Waals surface area contributed by atoms with E-state index in [4.69, 9.17) is 11.6 Å². The van der Waals surface area contributed by atoms with E-state index in [0.717, 1.165) is 6.54 Å². The van der Waals surface area contributed by atoms with Crippen LogP contribution in [0.2, 0.25) is 0 Å². The topological polar surface area (TPSA) is 3.24 Å². The third-order valence-corrected chi connectivity index (χ3v) is 1.86. The maximum absolute atomic E-state index is 5.88. The van der Waals surface area contributed by atoms with Crippen LogP contribution in [0.25, 0.3) is 0 Å². The Bertz CT molecular complexity index is 221. The lowest BCUT2D eigenvalue weighted by Crippen LogP contribution is -2.23. The molecule has 1 atom stereocenters. The van der Waals surface area contributed by atoms with Crippen LogP contribution in [0.5, 0.6) is 0 Å². The van der Waals surface area contributed by atoms with Gasteiger partial charge in [-0.25, -0.2) is 0 Å². The molecule has 1 aromatic rings. The summed E-state index contributed by atoms with van der Waals surface area (Å²) in [4.78, 5) is 2.15. The zero-order valence-electron chi connectivity index (χ0n) is 7.50. The second-order valence-corrected chi connectivity index (χ2v) is 3.74. The first-order valence-corrected chi connectivity index (χ1v) is 4.54. The fraction of sp³-hybridized carbons (Fsp3) is 0.400. The van der Waals surface area contributed by atoms with Gasteiger partial charge in [-0.2, -0.15) is 0 Å². The highest BCUT2D eigenvalue weighted by molar-refractivity contribution is 6.20. The number of nitrogens with zero attached hydrogens (tertiary/aromatic N) is 1. The van der Waals surface area contributed by atoms with Crippen LogP contribution in [-0.2, 0) is 0 Å². The molecule has 0 spiro atoms. The van der Waals surface area contributed by atoms with E-state index >= 15 is 0 Å². The second kappa shape index (κ2) is 4.36. The SMILES string of the molecule is CC(Cl)CN(C)c1ccccc1. The van der Waals surface area contributed by atoms with Gasteiger partial charge in [-0.1, -0.05) is 18.2 Å².